The van der Waals surface area contributed by atoms with E-state index in [1.165, 1.54) is 11.1 Å². The summed E-state index contributed by atoms with van der Waals surface area (Å²) in [6, 6.07) is 17.1. The molecule has 0 radical (unpaired) electrons. The number of nitrogens with one attached hydrogen (secondary N) is 1. The molecule has 1 atom stereocenters. The Bertz CT molecular complexity index is 580. The highest BCUT2D eigenvalue weighted by Gasteiger charge is 2.25. The standard InChI is InChI=1S/C16H15NO2/c18-16(19-14-8-2-1-3-9-14)15-10-12-6-4-5-7-13(12)11-17-15/h1-9,15,17H,10-11H2. The predicted molar refractivity (Wildman–Crippen MR) is 72.9 cm³/mol. The molecule has 2 aromatic carbocycles. The highest BCUT2D eigenvalue weighted by atomic mass is 16.5. The number of esters is 1. The number of hydrogen-bond donors (Lipinski definition) is 1. The summed E-state index contributed by atoms with van der Waals surface area (Å²) < 4.78 is 5.37. The molecule has 3 nitrogen and oxygen atoms in total. The highest BCUT2D eigenvalue weighted by molar-refractivity contribution is 5.79. The van der Waals surface area contributed by atoms with Crippen LogP contribution in [-0.2, 0) is 17.8 Å². The normalized spacial score (nSPS) is 17.6. The Balaban J connectivity index is 1.70. The molecule has 1 aliphatic rings. The highest BCUT2D eigenvalue weighted by Crippen LogP contribution is 2.18. The van der Waals surface area contributed by atoms with Gasteiger partial charge in [-0.25, -0.2) is 4.79 Å². The van der Waals surface area contributed by atoms with E-state index in [1.807, 2.05) is 30.3 Å². The molecule has 0 saturated heterocycles. The van der Waals surface area contributed by atoms with Crippen molar-refractivity contribution in [1.29, 1.82) is 0 Å². The van der Waals surface area contributed by atoms with E-state index in [2.05, 4.69) is 17.4 Å². The van der Waals surface area contributed by atoms with Gasteiger partial charge in [0, 0.05) is 6.54 Å². The zero-order valence-corrected chi connectivity index (χ0v) is 10.5. The summed E-state index contributed by atoms with van der Waals surface area (Å²) in [5.74, 6) is 0.369. The molecule has 1 unspecified atom stereocenters. The van der Waals surface area contributed by atoms with Crippen LogP contribution >= 0.6 is 0 Å². The third kappa shape index (κ3) is 2.66. The first-order valence-corrected chi connectivity index (χ1v) is 6.40. The number of rotatable bonds is 2. The van der Waals surface area contributed by atoms with Crippen LogP contribution in [0.1, 0.15) is 11.1 Å². The molecule has 0 aliphatic carbocycles. The van der Waals surface area contributed by atoms with Gasteiger partial charge in [-0.15, -0.1) is 0 Å². The molecule has 1 aliphatic heterocycles. The lowest BCUT2D eigenvalue weighted by atomic mass is 9.96. The van der Waals surface area contributed by atoms with Gasteiger partial charge < -0.3 is 4.74 Å². The largest absolute Gasteiger partial charge is 0.425 e. The van der Waals surface area contributed by atoms with Crippen molar-refractivity contribution in [1.82, 2.24) is 5.32 Å². The Hall–Kier alpha value is -2.13. The fourth-order valence-corrected chi connectivity index (χ4v) is 2.30. The molecular formula is C16H15NO2. The van der Waals surface area contributed by atoms with Crippen molar-refractivity contribution in [2.24, 2.45) is 0 Å². The maximum atomic E-state index is 12.1. The molecule has 1 heterocycles. The van der Waals surface area contributed by atoms with Crippen molar-refractivity contribution in [3.63, 3.8) is 0 Å². The number of hydrogen-bond acceptors (Lipinski definition) is 3. The molecule has 0 bridgehead atoms. The van der Waals surface area contributed by atoms with Gasteiger partial charge in [0.05, 0.1) is 0 Å². The first kappa shape index (κ1) is 11.9. The van der Waals surface area contributed by atoms with Gasteiger partial charge in [0.1, 0.15) is 11.8 Å². The van der Waals surface area contributed by atoms with Crippen LogP contribution in [0.3, 0.4) is 0 Å². The molecule has 0 amide bonds. The van der Waals surface area contributed by atoms with Gasteiger partial charge in [-0.05, 0) is 29.7 Å². The zero-order chi connectivity index (χ0) is 13.1. The van der Waals surface area contributed by atoms with Crippen molar-refractivity contribution in [3.8, 4) is 5.75 Å². The summed E-state index contributed by atoms with van der Waals surface area (Å²) in [5.41, 5.74) is 2.47. The first-order chi connectivity index (χ1) is 9.33. The predicted octanol–water partition coefficient (Wildman–Crippen LogP) is 2.31. The summed E-state index contributed by atoms with van der Waals surface area (Å²) in [6.45, 7) is 0.713. The molecule has 0 aromatic heterocycles. The van der Waals surface area contributed by atoms with Crippen LogP contribution in [0.25, 0.3) is 0 Å². The Morgan fingerprint density at radius 3 is 2.47 bits per heavy atom. The van der Waals surface area contributed by atoms with Crippen LogP contribution in [0, 0.1) is 0 Å². The van der Waals surface area contributed by atoms with E-state index >= 15 is 0 Å². The number of ether oxygens (including phenoxy) is 1. The first-order valence-electron chi connectivity index (χ1n) is 6.40. The van der Waals surface area contributed by atoms with Gasteiger partial charge >= 0.3 is 5.97 Å². The van der Waals surface area contributed by atoms with Crippen molar-refractivity contribution >= 4 is 5.97 Å². The lowest BCUT2D eigenvalue weighted by Gasteiger charge is -2.24. The summed E-state index contributed by atoms with van der Waals surface area (Å²) in [6.07, 6.45) is 0.682. The minimum absolute atomic E-state index is 0.222. The molecule has 0 fully saturated rings. The van der Waals surface area contributed by atoms with E-state index in [9.17, 15) is 4.79 Å². The van der Waals surface area contributed by atoms with E-state index in [0.29, 0.717) is 18.7 Å². The maximum Gasteiger partial charge on any atom is 0.328 e. The minimum atomic E-state index is -0.268. The van der Waals surface area contributed by atoms with Crippen molar-refractivity contribution in [2.45, 2.75) is 19.0 Å². The molecule has 0 spiro atoms. The van der Waals surface area contributed by atoms with Crippen LogP contribution in [0.2, 0.25) is 0 Å². The summed E-state index contributed by atoms with van der Waals surface area (Å²) in [7, 11) is 0. The number of carbonyl (C=O) groups excluding carboxylic acids is 1. The van der Waals surface area contributed by atoms with Crippen LogP contribution in [0.15, 0.2) is 54.6 Å². The molecular weight excluding hydrogens is 238 g/mol. The van der Waals surface area contributed by atoms with E-state index in [0.717, 1.165) is 0 Å². The summed E-state index contributed by atoms with van der Waals surface area (Å²) in [4.78, 5) is 12.1. The molecule has 3 rings (SSSR count). The number of para-hydroxylation sites is 1. The summed E-state index contributed by atoms with van der Waals surface area (Å²) in [5, 5.41) is 3.22. The SMILES string of the molecule is O=C(Oc1ccccc1)C1Cc2ccccc2CN1. The van der Waals surface area contributed by atoms with Crippen LogP contribution < -0.4 is 10.1 Å². The smallest absolute Gasteiger partial charge is 0.328 e. The van der Waals surface area contributed by atoms with Crippen LogP contribution in [0.5, 0.6) is 5.75 Å². The number of carbonyl (C=O) groups is 1. The lowest BCUT2D eigenvalue weighted by Crippen LogP contribution is -2.43. The van der Waals surface area contributed by atoms with Gasteiger partial charge in [-0.3, -0.25) is 5.32 Å². The van der Waals surface area contributed by atoms with E-state index in [1.54, 1.807) is 12.1 Å². The fourth-order valence-electron chi connectivity index (χ4n) is 2.30. The van der Waals surface area contributed by atoms with Gasteiger partial charge in [-0.2, -0.15) is 0 Å². The Morgan fingerprint density at radius 1 is 1.00 bits per heavy atom. The molecule has 3 heteroatoms. The monoisotopic (exact) mass is 253 g/mol. The molecule has 2 aromatic rings. The number of benzene rings is 2. The Morgan fingerprint density at radius 2 is 1.68 bits per heavy atom. The second kappa shape index (κ2) is 5.24. The minimum Gasteiger partial charge on any atom is -0.425 e. The maximum absolute atomic E-state index is 12.1. The second-order valence-electron chi connectivity index (χ2n) is 4.64. The molecule has 0 saturated carbocycles. The van der Waals surface area contributed by atoms with Crippen LogP contribution in [0.4, 0.5) is 0 Å². The quantitative estimate of drug-likeness (QED) is 0.659. The fraction of sp³-hybridized carbons (Fsp3) is 0.188. The van der Waals surface area contributed by atoms with Gasteiger partial charge in [0.25, 0.3) is 0 Å². The molecule has 1 N–H and O–H groups in total. The summed E-state index contributed by atoms with van der Waals surface area (Å²) >= 11 is 0. The van der Waals surface area contributed by atoms with Gasteiger partial charge in [0.2, 0.25) is 0 Å². The topological polar surface area (TPSA) is 38.3 Å². The Kier molecular flexibility index (Phi) is 3.29. The second-order valence-corrected chi connectivity index (χ2v) is 4.64. The average Bonchev–Trinajstić information content (AvgIpc) is 2.48. The lowest BCUT2D eigenvalue weighted by molar-refractivity contribution is -0.136. The van der Waals surface area contributed by atoms with Crippen molar-refractivity contribution in [2.75, 3.05) is 0 Å². The third-order valence-corrected chi connectivity index (χ3v) is 3.33. The van der Waals surface area contributed by atoms with E-state index < -0.39 is 0 Å². The average molecular weight is 253 g/mol. The zero-order valence-electron chi connectivity index (χ0n) is 10.5. The van der Waals surface area contributed by atoms with Crippen molar-refractivity contribution in [3.05, 3.63) is 65.7 Å². The Labute approximate surface area is 112 Å². The molecule has 96 valence electrons. The van der Waals surface area contributed by atoms with Crippen molar-refractivity contribution < 1.29 is 9.53 Å². The van der Waals surface area contributed by atoms with Gasteiger partial charge in [-0.1, -0.05) is 42.5 Å². The third-order valence-electron chi connectivity index (χ3n) is 3.33. The number of fused-ring (bicyclic) bond motifs is 1. The van der Waals surface area contributed by atoms with E-state index in [-0.39, 0.29) is 12.0 Å². The van der Waals surface area contributed by atoms with E-state index in [4.69, 9.17) is 4.74 Å². The van der Waals surface area contributed by atoms with Gasteiger partial charge in [0.15, 0.2) is 0 Å². The van der Waals surface area contributed by atoms with Crippen LogP contribution in [-0.4, -0.2) is 12.0 Å². The molecule has 19 heavy (non-hydrogen) atoms.